The van der Waals surface area contributed by atoms with E-state index in [0.29, 0.717) is 43.3 Å². The first kappa shape index (κ1) is 21.2. The molecule has 32 heavy (non-hydrogen) atoms. The van der Waals surface area contributed by atoms with Gasteiger partial charge in [0.2, 0.25) is 0 Å². The van der Waals surface area contributed by atoms with E-state index in [-0.39, 0.29) is 0 Å². The molecule has 0 spiro atoms. The lowest BCUT2D eigenvalue weighted by Crippen LogP contribution is -2.40. The van der Waals surface area contributed by atoms with Crippen LogP contribution >= 0.6 is 11.8 Å². The van der Waals surface area contributed by atoms with Crippen LogP contribution in [-0.2, 0) is 17.6 Å². The van der Waals surface area contributed by atoms with Crippen LogP contribution in [0.4, 0.5) is 0 Å². The zero-order chi connectivity index (χ0) is 22.2. The number of nitrogens with zero attached hydrogens (tertiary/aromatic N) is 4. The fourth-order valence-electron chi connectivity index (χ4n) is 4.78. The minimum Gasteiger partial charge on any atom is -0.382 e. The SMILES string of the molecule is CSc1cccc(-c2nc([C@]3(O)CC[C@](C#N)(c4ccccc4)CC3)n(CC3CC3)n2)c1. The molecule has 0 atom stereocenters. The van der Waals surface area contributed by atoms with Gasteiger partial charge >= 0.3 is 0 Å². The molecule has 0 bridgehead atoms. The molecule has 2 aromatic carbocycles. The number of aliphatic hydroxyl groups is 1. The van der Waals surface area contributed by atoms with Gasteiger partial charge in [-0.1, -0.05) is 42.5 Å². The van der Waals surface area contributed by atoms with Gasteiger partial charge in [0.15, 0.2) is 11.6 Å². The van der Waals surface area contributed by atoms with Crippen LogP contribution in [0.25, 0.3) is 11.4 Å². The summed E-state index contributed by atoms with van der Waals surface area (Å²) in [7, 11) is 0. The number of thioether (sulfide) groups is 1. The summed E-state index contributed by atoms with van der Waals surface area (Å²) in [6.45, 7) is 0.801. The van der Waals surface area contributed by atoms with Gasteiger partial charge in [-0.15, -0.1) is 11.8 Å². The van der Waals surface area contributed by atoms with Crippen molar-refractivity contribution in [2.75, 3.05) is 6.26 Å². The molecule has 1 aromatic heterocycles. The maximum Gasteiger partial charge on any atom is 0.181 e. The van der Waals surface area contributed by atoms with Gasteiger partial charge in [0.05, 0.1) is 11.5 Å². The van der Waals surface area contributed by atoms with Crippen molar-refractivity contribution < 1.29 is 5.11 Å². The third-order valence-electron chi connectivity index (χ3n) is 7.02. The maximum absolute atomic E-state index is 11.8. The highest BCUT2D eigenvalue weighted by Crippen LogP contribution is 2.47. The predicted molar refractivity (Wildman–Crippen MR) is 126 cm³/mol. The molecule has 164 valence electrons. The number of aromatic nitrogens is 3. The molecule has 2 aliphatic carbocycles. The summed E-state index contributed by atoms with van der Waals surface area (Å²) in [5.74, 6) is 1.95. The summed E-state index contributed by atoms with van der Waals surface area (Å²) in [5.41, 5.74) is 0.401. The highest BCUT2D eigenvalue weighted by atomic mass is 32.2. The quantitative estimate of drug-likeness (QED) is 0.522. The van der Waals surface area contributed by atoms with Gasteiger partial charge in [0.1, 0.15) is 5.60 Å². The summed E-state index contributed by atoms with van der Waals surface area (Å²) >= 11 is 1.69. The second kappa shape index (κ2) is 8.38. The van der Waals surface area contributed by atoms with Crippen LogP contribution in [-0.4, -0.2) is 26.1 Å². The van der Waals surface area contributed by atoms with E-state index in [2.05, 4.69) is 24.5 Å². The first-order chi connectivity index (χ1) is 15.5. The number of hydrogen-bond donors (Lipinski definition) is 1. The molecule has 2 fully saturated rings. The monoisotopic (exact) mass is 444 g/mol. The van der Waals surface area contributed by atoms with E-state index in [1.807, 2.05) is 47.1 Å². The van der Waals surface area contributed by atoms with E-state index in [1.165, 1.54) is 17.7 Å². The van der Waals surface area contributed by atoms with Crippen LogP contribution in [0.2, 0.25) is 0 Å². The Morgan fingerprint density at radius 2 is 1.84 bits per heavy atom. The Hall–Kier alpha value is -2.62. The summed E-state index contributed by atoms with van der Waals surface area (Å²) < 4.78 is 1.95. The first-order valence-corrected chi connectivity index (χ1v) is 12.6. The van der Waals surface area contributed by atoms with Gasteiger partial charge in [-0.25, -0.2) is 9.67 Å². The second-order valence-corrected chi connectivity index (χ2v) is 10.1. The number of nitriles is 1. The second-order valence-electron chi connectivity index (χ2n) is 9.21. The van der Waals surface area contributed by atoms with E-state index < -0.39 is 11.0 Å². The Morgan fingerprint density at radius 3 is 2.50 bits per heavy atom. The molecule has 2 aliphatic rings. The van der Waals surface area contributed by atoms with Crippen LogP contribution in [0.1, 0.15) is 49.9 Å². The van der Waals surface area contributed by atoms with Crippen molar-refractivity contribution in [3.63, 3.8) is 0 Å². The lowest BCUT2D eigenvalue weighted by Gasteiger charge is -2.40. The van der Waals surface area contributed by atoms with Crippen molar-refractivity contribution in [2.45, 2.75) is 61.0 Å². The average Bonchev–Trinajstić information content (AvgIpc) is 3.56. The van der Waals surface area contributed by atoms with Crippen molar-refractivity contribution >= 4 is 11.8 Å². The average molecular weight is 445 g/mol. The molecule has 5 nitrogen and oxygen atoms in total. The minimum absolute atomic E-state index is 0.503. The lowest BCUT2D eigenvalue weighted by molar-refractivity contribution is -0.0254. The molecule has 5 rings (SSSR count). The van der Waals surface area contributed by atoms with Crippen molar-refractivity contribution in [1.29, 1.82) is 5.26 Å². The molecule has 1 heterocycles. The smallest absolute Gasteiger partial charge is 0.181 e. The zero-order valence-electron chi connectivity index (χ0n) is 18.4. The molecular weight excluding hydrogens is 416 g/mol. The summed E-state index contributed by atoms with van der Waals surface area (Å²) in [5, 5.41) is 26.7. The van der Waals surface area contributed by atoms with Crippen LogP contribution in [0, 0.1) is 17.2 Å². The Kier molecular flexibility index (Phi) is 5.56. The van der Waals surface area contributed by atoms with E-state index >= 15 is 0 Å². The van der Waals surface area contributed by atoms with E-state index in [4.69, 9.17) is 10.1 Å². The molecule has 0 saturated heterocycles. The third-order valence-corrected chi connectivity index (χ3v) is 7.74. The van der Waals surface area contributed by atoms with Gasteiger partial charge in [-0.05, 0) is 68.4 Å². The van der Waals surface area contributed by atoms with E-state index in [1.54, 1.807) is 11.8 Å². The fourth-order valence-corrected chi connectivity index (χ4v) is 5.24. The van der Waals surface area contributed by atoms with Crippen LogP contribution in [0.5, 0.6) is 0 Å². The Morgan fingerprint density at radius 1 is 1.09 bits per heavy atom. The number of benzene rings is 2. The molecule has 2 saturated carbocycles. The number of rotatable bonds is 6. The zero-order valence-corrected chi connectivity index (χ0v) is 19.2. The first-order valence-electron chi connectivity index (χ1n) is 11.3. The van der Waals surface area contributed by atoms with Gasteiger partial charge in [0, 0.05) is 17.0 Å². The van der Waals surface area contributed by atoms with Crippen LogP contribution in [0.15, 0.2) is 59.5 Å². The standard InChI is InChI=1S/C26H28N4OS/c1-32-22-9-5-6-20(16-22)23-28-24(30(29-23)17-19-10-11-19)26(31)14-12-25(18-27,13-15-26)21-7-3-2-4-8-21/h2-9,16,19,31H,10-15,17H2,1H3/t25-,26-. The van der Waals surface area contributed by atoms with Crippen LogP contribution < -0.4 is 0 Å². The fraction of sp³-hybridized carbons (Fsp3) is 0.423. The van der Waals surface area contributed by atoms with Crippen molar-refractivity contribution in [2.24, 2.45) is 5.92 Å². The summed E-state index contributed by atoms with van der Waals surface area (Å²) in [4.78, 5) is 6.06. The molecule has 0 aliphatic heterocycles. The Balaban J connectivity index is 1.47. The maximum atomic E-state index is 11.8. The molecule has 3 aromatic rings. The molecule has 1 N–H and O–H groups in total. The van der Waals surface area contributed by atoms with Crippen molar-refractivity contribution in [3.8, 4) is 17.5 Å². The minimum atomic E-state index is -1.06. The van der Waals surface area contributed by atoms with Gasteiger partial charge in [-0.3, -0.25) is 0 Å². The van der Waals surface area contributed by atoms with Gasteiger partial charge in [-0.2, -0.15) is 10.4 Å². The number of hydrogen-bond acceptors (Lipinski definition) is 5. The Bertz CT molecular complexity index is 1140. The van der Waals surface area contributed by atoms with Crippen molar-refractivity contribution in [3.05, 3.63) is 66.0 Å². The van der Waals surface area contributed by atoms with Gasteiger partial charge < -0.3 is 5.11 Å². The molecular formula is C26H28N4OS. The molecule has 0 unspecified atom stereocenters. The Labute approximate surface area is 193 Å². The molecule has 0 amide bonds. The van der Waals surface area contributed by atoms with E-state index in [9.17, 15) is 10.4 Å². The predicted octanol–water partition coefficient (Wildman–Crippen LogP) is 5.30. The highest BCUT2D eigenvalue weighted by molar-refractivity contribution is 7.98. The largest absolute Gasteiger partial charge is 0.382 e. The molecule has 0 radical (unpaired) electrons. The van der Waals surface area contributed by atoms with Crippen molar-refractivity contribution in [1.82, 2.24) is 14.8 Å². The molecule has 6 heteroatoms. The van der Waals surface area contributed by atoms with E-state index in [0.717, 1.165) is 17.7 Å². The normalized spacial score (nSPS) is 25.4. The summed E-state index contributed by atoms with van der Waals surface area (Å²) in [6.07, 6.45) is 6.70. The van der Waals surface area contributed by atoms with Crippen LogP contribution in [0.3, 0.4) is 0 Å². The summed E-state index contributed by atoms with van der Waals surface area (Å²) in [6, 6.07) is 20.8. The van der Waals surface area contributed by atoms with Gasteiger partial charge in [0.25, 0.3) is 0 Å². The highest BCUT2D eigenvalue weighted by Gasteiger charge is 2.46. The third kappa shape index (κ3) is 3.96. The lowest BCUT2D eigenvalue weighted by atomic mass is 9.66. The topological polar surface area (TPSA) is 74.7 Å².